The van der Waals surface area contributed by atoms with Crippen molar-refractivity contribution in [2.24, 2.45) is 11.7 Å². The lowest BCUT2D eigenvalue weighted by atomic mass is 10.1. The van der Waals surface area contributed by atoms with Crippen molar-refractivity contribution in [3.05, 3.63) is 35.4 Å². The molecule has 1 rings (SSSR count). The number of likely N-dealkylation sites (N-methyl/N-ethyl adjacent to an activating group) is 1. The molecular formula is C15H26N2O. The van der Waals surface area contributed by atoms with Crippen molar-refractivity contribution in [1.29, 1.82) is 0 Å². The maximum absolute atomic E-state index is 5.64. The van der Waals surface area contributed by atoms with Gasteiger partial charge in [-0.2, -0.15) is 0 Å². The number of ether oxygens (including phenoxy) is 1. The molecule has 102 valence electrons. The van der Waals surface area contributed by atoms with Crippen molar-refractivity contribution < 1.29 is 4.74 Å². The van der Waals surface area contributed by atoms with E-state index in [1.54, 1.807) is 0 Å². The van der Waals surface area contributed by atoms with Crippen LogP contribution in [-0.2, 0) is 17.8 Å². The lowest BCUT2D eigenvalue weighted by Gasteiger charge is -2.17. The summed E-state index contributed by atoms with van der Waals surface area (Å²) in [5.41, 5.74) is 8.14. The lowest BCUT2D eigenvalue weighted by Crippen LogP contribution is -2.23. The summed E-state index contributed by atoms with van der Waals surface area (Å²) in [6, 6.07) is 8.45. The minimum atomic E-state index is 0.606. The van der Waals surface area contributed by atoms with Gasteiger partial charge in [0, 0.05) is 26.2 Å². The standard InChI is InChI=1S/C15H26N2O/c1-13(2)12-18-8-7-17(3)11-15-6-4-5-14(9-15)10-16/h4-6,9,13H,7-8,10-12,16H2,1-3H3. The average Bonchev–Trinajstić information content (AvgIpc) is 2.34. The lowest BCUT2D eigenvalue weighted by molar-refractivity contribution is 0.0901. The largest absolute Gasteiger partial charge is 0.380 e. The Morgan fingerprint density at radius 3 is 2.67 bits per heavy atom. The summed E-state index contributed by atoms with van der Waals surface area (Å²) >= 11 is 0. The summed E-state index contributed by atoms with van der Waals surface area (Å²) < 4.78 is 5.59. The van der Waals surface area contributed by atoms with Crippen LogP contribution in [-0.4, -0.2) is 31.7 Å². The van der Waals surface area contributed by atoms with Gasteiger partial charge in [-0.3, -0.25) is 4.90 Å². The van der Waals surface area contributed by atoms with E-state index in [0.29, 0.717) is 12.5 Å². The Labute approximate surface area is 111 Å². The Balaban J connectivity index is 2.28. The van der Waals surface area contributed by atoms with Gasteiger partial charge < -0.3 is 10.5 Å². The first-order valence-corrected chi connectivity index (χ1v) is 6.66. The highest BCUT2D eigenvalue weighted by atomic mass is 16.5. The van der Waals surface area contributed by atoms with Crippen LogP contribution in [0.1, 0.15) is 25.0 Å². The van der Waals surface area contributed by atoms with Crippen molar-refractivity contribution in [3.63, 3.8) is 0 Å². The third-order valence-corrected chi connectivity index (χ3v) is 2.75. The van der Waals surface area contributed by atoms with Crippen molar-refractivity contribution >= 4 is 0 Å². The van der Waals surface area contributed by atoms with Gasteiger partial charge in [-0.05, 0) is 24.1 Å². The van der Waals surface area contributed by atoms with E-state index in [0.717, 1.165) is 26.3 Å². The monoisotopic (exact) mass is 250 g/mol. The fraction of sp³-hybridized carbons (Fsp3) is 0.600. The number of nitrogens with zero attached hydrogens (tertiary/aromatic N) is 1. The Hall–Kier alpha value is -0.900. The summed E-state index contributed by atoms with van der Waals surface area (Å²) in [5.74, 6) is 0.608. The van der Waals surface area contributed by atoms with Crippen molar-refractivity contribution in [3.8, 4) is 0 Å². The highest BCUT2D eigenvalue weighted by Gasteiger charge is 2.01. The molecule has 0 spiro atoms. The highest BCUT2D eigenvalue weighted by molar-refractivity contribution is 5.23. The zero-order chi connectivity index (χ0) is 13.4. The summed E-state index contributed by atoms with van der Waals surface area (Å²) in [6.45, 7) is 8.49. The average molecular weight is 250 g/mol. The van der Waals surface area contributed by atoms with Gasteiger partial charge >= 0.3 is 0 Å². The molecule has 3 nitrogen and oxygen atoms in total. The van der Waals surface area contributed by atoms with E-state index < -0.39 is 0 Å². The summed E-state index contributed by atoms with van der Waals surface area (Å²) in [7, 11) is 2.12. The second kappa shape index (κ2) is 8.25. The molecule has 1 aromatic carbocycles. The van der Waals surface area contributed by atoms with Gasteiger partial charge in [0.1, 0.15) is 0 Å². The van der Waals surface area contributed by atoms with Gasteiger partial charge in [-0.1, -0.05) is 38.1 Å². The zero-order valence-electron chi connectivity index (χ0n) is 11.9. The predicted octanol–water partition coefficient (Wildman–Crippen LogP) is 2.25. The quantitative estimate of drug-likeness (QED) is 0.719. The van der Waals surface area contributed by atoms with Gasteiger partial charge in [-0.25, -0.2) is 0 Å². The van der Waals surface area contributed by atoms with Gasteiger partial charge in [-0.15, -0.1) is 0 Å². The molecule has 0 aliphatic rings. The third-order valence-electron chi connectivity index (χ3n) is 2.75. The number of hydrogen-bond acceptors (Lipinski definition) is 3. The smallest absolute Gasteiger partial charge is 0.0593 e. The van der Waals surface area contributed by atoms with Crippen LogP contribution in [0, 0.1) is 5.92 Å². The first-order valence-electron chi connectivity index (χ1n) is 6.66. The molecule has 0 amide bonds. The molecular weight excluding hydrogens is 224 g/mol. The molecule has 0 aromatic heterocycles. The summed E-state index contributed by atoms with van der Waals surface area (Å²) in [4.78, 5) is 2.27. The minimum absolute atomic E-state index is 0.606. The Bertz CT molecular complexity index is 339. The molecule has 0 heterocycles. The molecule has 1 aromatic rings. The van der Waals surface area contributed by atoms with Crippen LogP contribution in [0.3, 0.4) is 0 Å². The van der Waals surface area contributed by atoms with Crippen LogP contribution in [0.25, 0.3) is 0 Å². The molecule has 0 radical (unpaired) electrons. The first-order chi connectivity index (χ1) is 8.61. The maximum Gasteiger partial charge on any atom is 0.0593 e. The zero-order valence-corrected chi connectivity index (χ0v) is 11.9. The van der Waals surface area contributed by atoms with Crippen LogP contribution in [0.5, 0.6) is 0 Å². The van der Waals surface area contributed by atoms with Crippen LogP contribution in [0.4, 0.5) is 0 Å². The summed E-state index contributed by atoms with van der Waals surface area (Å²) in [5, 5.41) is 0. The predicted molar refractivity (Wildman–Crippen MR) is 76.3 cm³/mol. The minimum Gasteiger partial charge on any atom is -0.380 e. The fourth-order valence-corrected chi connectivity index (χ4v) is 1.79. The fourth-order valence-electron chi connectivity index (χ4n) is 1.79. The number of nitrogens with two attached hydrogens (primary N) is 1. The molecule has 0 aliphatic heterocycles. The Kier molecular flexibility index (Phi) is 6.94. The van der Waals surface area contributed by atoms with Gasteiger partial charge in [0.05, 0.1) is 6.61 Å². The van der Waals surface area contributed by atoms with Crippen molar-refractivity contribution in [2.45, 2.75) is 26.9 Å². The normalized spacial score (nSPS) is 11.4. The van der Waals surface area contributed by atoms with E-state index in [1.807, 2.05) is 0 Å². The molecule has 0 saturated heterocycles. The van der Waals surface area contributed by atoms with Crippen LogP contribution < -0.4 is 5.73 Å². The van der Waals surface area contributed by atoms with Gasteiger partial charge in [0.25, 0.3) is 0 Å². The van der Waals surface area contributed by atoms with E-state index in [1.165, 1.54) is 11.1 Å². The Morgan fingerprint density at radius 1 is 1.28 bits per heavy atom. The van der Waals surface area contributed by atoms with E-state index in [2.05, 4.69) is 50.1 Å². The van der Waals surface area contributed by atoms with Gasteiger partial charge in [0.15, 0.2) is 0 Å². The molecule has 0 atom stereocenters. The first kappa shape index (κ1) is 15.2. The van der Waals surface area contributed by atoms with Crippen molar-refractivity contribution in [2.75, 3.05) is 26.8 Å². The van der Waals surface area contributed by atoms with Gasteiger partial charge in [0.2, 0.25) is 0 Å². The van der Waals surface area contributed by atoms with E-state index >= 15 is 0 Å². The second-order valence-corrected chi connectivity index (χ2v) is 5.23. The van der Waals surface area contributed by atoms with Crippen LogP contribution >= 0.6 is 0 Å². The third kappa shape index (κ3) is 6.15. The molecule has 0 bridgehead atoms. The summed E-state index contributed by atoms with van der Waals surface area (Å²) in [6.07, 6.45) is 0. The number of hydrogen-bond donors (Lipinski definition) is 1. The molecule has 18 heavy (non-hydrogen) atoms. The van der Waals surface area contributed by atoms with E-state index in [4.69, 9.17) is 10.5 Å². The SMILES string of the molecule is CC(C)COCCN(C)Cc1cccc(CN)c1. The second-order valence-electron chi connectivity index (χ2n) is 5.23. The molecule has 0 unspecified atom stereocenters. The molecule has 3 heteroatoms. The molecule has 2 N–H and O–H groups in total. The van der Waals surface area contributed by atoms with Crippen molar-refractivity contribution in [1.82, 2.24) is 4.90 Å². The maximum atomic E-state index is 5.64. The topological polar surface area (TPSA) is 38.5 Å². The van der Waals surface area contributed by atoms with Crippen LogP contribution in [0.15, 0.2) is 24.3 Å². The molecule has 0 fully saturated rings. The van der Waals surface area contributed by atoms with Crippen LogP contribution in [0.2, 0.25) is 0 Å². The highest BCUT2D eigenvalue weighted by Crippen LogP contribution is 2.07. The number of benzene rings is 1. The number of rotatable bonds is 8. The Morgan fingerprint density at radius 2 is 2.00 bits per heavy atom. The molecule has 0 saturated carbocycles. The van der Waals surface area contributed by atoms with E-state index in [9.17, 15) is 0 Å². The molecule has 0 aliphatic carbocycles. The van der Waals surface area contributed by atoms with E-state index in [-0.39, 0.29) is 0 Å².